The van der Waals surface area contributed by atoms with Crippen molar-refractivity contribution < 1.29 is 19.1 Å². The molecule has 104 valence electrons. The molecule has 0 radical (unpaired) electrons. The minimum Gasteiger partial charge on any atom is -0.469 e. The highest BCUT2D eigenvalue weighted by atomic mass is 32.2. The Morgan fingerprint density at radius 2 is 1.84 bits per heavy atom. The lowest BCUT2D eigenvalue weighted by Gasteiger charge is -2.13. The van der Waals surface area contributed by atoms with Crippen molar-refractivity contribution in [3.8, 4) is 0 Å². The van der Waals surface area contributed by atoms with Gasteiger partial charge in [-0.15, -0.1) is 11.8 Å². The van der Waals surface area contributed by atoms with E-state index in [1.54, 1.807) is 0 Å². The number of hydrogen-bond acceptors (Lipinski definition) is 5. The molecular formula is C14H18O4S. The van der Waals surface area contributed by atoms with E-state index in [0.717, 1.165) is 4.90 Å². The first-order valence-electron chi connectivity index (χ1n) is 6.03. The number of ether oxygens (including phenoxy) is 2. The lowest BCUT2D eigenvalue weighted by Crippen LogP contribution is -2.19. The lowest BCUT2D eigenvalue weighted by atomic mass is 10.2. The van der Waals surface area contributed by atoms with E-state index in [2.05, 4.69) is 4.74 Å². The fourth-order valence-corrected chi connectivity index (χ4v) is 2.67. The van der Waals surface area contributed by atoms with Gasteiger partial charge in [0.05, 0.1) is 14.2 Å². The number of esters is 2. The van der Waals surface area contributed by atoms with Crippen LogP contribution in [0.25, 0.3) is 0 Å². The highest BCUT2D eigenvalue weighted by Crippen LogP contribution is 2.27. The second-order valence-corrected chi connectivity index (χ2v) is 5.19. The zero-order valence-corrected chi connectivity index (χ0v) is 11.9. The second-order valence-electron chi connectivity index (χ2n) is 3.91. The van der Waals surface area contributed by atoms with Crippen LogP contribution in [0.5, 0.6) is 0 Å². The van der Waals surface area contributed by atoms with Crippen LogP contribution in [0.4, 0.5) is 0 Å². The number of benzene rings is 1. The second kappa shape index (κ2) is 8.58. The topological polar surface area (TPSA) is 52.6 Å². The van der Waals surface area contributed by atoms with Crippen molar-refractivity contribution in [2.24, 2.45) is 0 Å². The molecule has 19 heavy (non-hydrogen) atoms. The zero-order chi connectivity index (χ0) is 14.1. The Balaban J connectivity index is 2.53. The smallest absolute Gasteiger partial charge is 0.319 e. The molecule has 1 atom stereocenters. The SMILES string of the molecule is COC(=O)CCCC(Sc1ccccc1)C(=O)OC. The van der Waals surface area contributed by atoms with Crippen LogP contribution in [-0.2, 0) is 19.1 Å². The summed E-state index contributed by atoms with van der Waals surface area (Å²) in [6.07, 6.45) is 1.51. The van der Waals surface area contributed by atoms with Gasteiger partial charge in [0.25, 0.3) is 0 Å². The number of rotatable bonds is 7. The number of methoxy groups -OCH3 is 2. The van der Waals surface area contributed by atoms with Gasteiger partial charge in [-0.25, -0.2) is 0 Å². The Kier molecular flexibility index (Phi) is 7.03. The molecule has 0 heterocycles. The van der Waals surface area contributed by atoms with E-state index in [9.17, 15) is 9.59 Å². The third kappa shape index (κ3) is 5.79. The van der Waals surface area contributed by atoms with E-state index in [1.165, 1.54) is 26.0 Å². The number of carbonyl (C=O) groups excluding carboxylic acids is 2. The van der Waals surface area contributed by atoms with E-state index >= 15 is 0 Å². The maximum atomic E-state index is 11.7. The molecule has 0 aliphatic rings. The van der Waals surface area contributed by atoms with Crippen LogP contribution < -0.4 is 0 Å². The minimum absolute atomic E-state index is 0.256. The van der Waals surface area contributed by atoms with Crippen molar-refractivity contribution in [2.75, 3.05) is 14.2 Å². The highest BCUT2D eigenvalue weighted by molar-refractivity contribution is 8.00. The van der Waals surface area contributed by atoms with Gasteiger partial charge < -0.3 is 9.47 Å². The Bertz CT molecular complexity index is 405. The van der Waals surface area contributed by atoms with Crippen LogP contribution in [0.15, 0.2) is 35.2 Å². The largest absolute Gasteiger partial charge is 0.469 e. The first kappa shape index (κ1) is 15.6. The minimum atomic E-state index is -0.294. The van der Waals surface area contributed by atoms with Gasteiger partial charge in [0, 0.05) is 11.3 Å². The van der Waals surface area contributed by atoms with E-state index in [-0.39, 0.29) is 17.2 Å². The van der Waals surface area contributed by atoms with Crippen LogP contribution in [0.3, 0.4) is 0 Å². The average Bonchev–Trinajstić information content (AvgIpc) is 2.46. The predicted molar refractivity (Wildman–Crippen MR) is 74.0 cm³/mol. The van der Waals surface area contributed by atoms with Crippen molar-refractivity contribution in [3.63, 3.8) is 0 Å². The summed E-state index contributed by atoms with van der Waals surface area (Å²) >= 11 is 1.45. The molecule has 0 amide bonds. The van der Waals surface area contributed by atoms with Gasteiger partial charge in [0.1, 0.15) is 5.25 Å². The summed E-state index contributed by atoms with van der Waals surface area (Å²) in [6, 6.07) is 9.66. The molecule has 4 nitrogen and oxygen atoms in total. The van der Waals surface area contributed by atoms with Gasteiger partial charge in [-0.2, -0.15) is 0 Å². The summed E-state index contributed by atoms with van der Waals surface area (Å²) in [4.78, 5) is 23.8. The van der Waals surface area contributed by atoms with Crippen LogP contribution in [0.1, 0.15) is 19.3 Å². The summed E-state index contributed by atoms with van der Waals surface area (Å²) in [5, 5.41) is -0.294. The van der Waals surface area contributed by atoms with Crippen LogP contribution in [0, 0.1) is 0 Å². The number of carbonyl (C=O) groups is 2. The molecule has 0 aliphatic heterocycles. The van der Waals surface area contributed by atoms with Crippen LogP contribution in [0.2, 0.25) is 0 Å². The highest BCUT2D eigenvalue weighted by Gasteiger charge is 2.20. The van der Waals surface area contributed by atoms with Crippen molar-refractivity contribution in [2.45, 2.75) is 29.4 Å². The molecule has 0 aromatic heterocycles. The third-order valence-electron chi connectivity index (χ3n) is 2.56. The fraction of sp³-hybridized carbons (Fsp3) is 0.429. The van der Waals surface area contributed by atoms with Crippen molar-refractivity contribution in [1.29, 1.82) is 0 Å². The first-order chi connectivity index (χ1) is 9.17. The van der Waals surface area contributed by atoms with Gasteiger partial charge in [0.15, 0.2) is 0 Å². The standard InChI is InChI=1S/C14H18O4S/c1-17-13(15)10-6-9-12(14(16)18-2)19-11-7-4-3-5-8-11/h3-5,7-8,12H,6,9-10H2,1-2H3. The summed E-state index contributed by atoms with van der Waals surface area (Å²) in [6.45, 7) is 0. The summed E-state index contributed by atoms with van der Waals surface area (Å²) in [5.74, 6) is -0.521. The Hall–Kier alpha value is -1.49. The first-order valence-corrected chi connectivity index (χ1v) is 6.91. The molecule has 0 saturated heterocycles. The molecule has 0 fully saturated rings. The fourth-order valence-electron chi connectivity index (χ4n) is 1.55. The molecule has 0 spiro atoms. The maximum absolute atomic E-state index is 11.7. The normalized spacial score (nSPS) is 11.7. The molecular weight excluding hydrogens is 264 g/mol. The summed E-state index contributed by atoms with van der Waals surface area (Å²) in [5.41, 5.74) is 0. The van der Waals surface area contributed by atoms with Crippen LogP contribution in [-0.4, -0.2) is 31.4 Å². The summed E-state index contributed by atoms with van der Waals surface area (Å²) in [7, 11) is 2.74. The number of hydrogen-bond donors (Lipinski definition) is 0. The molecule has 1 unspecified atom stereocenters. The number of thioether (sulfide) groups is 1. The monoisotopic (exact) mass is 282 g/mol. The van der Waals surface area contributed by atoms with Crippen LogP contribution >= 0.6 is 11.8 Å². The van der Waals surface area contributed by atoms with Gasteiger partial charge in [-0.1, -0.05) is 18.2 Å². The molecule has 1 aromatic rings. The molecule has 0 aliphatic carbocycles. The van der Waals surface area contributed by atoms with E-state index < -0.39 is 0 Å². The maximum Gasteiger partial charge on any atom is 0.319 e. The van der Waals surface area contributed by atoms with E-state index in [0.29, 0.717) is 19.3 Å². The molecule has 5 heteroatoms. The predicted octanol–water partition coefficient (Wildman–Crippen LogP) is 2.66. The molecule has 0 bridgehead atoms. The van der Waals surface area contributed by atoms with Gasteiger partial charge >= 0.3 is 11.9 Å². The summed E-state index contributed by atoms with van der Waals surface area (Å²) < 4.78 is 9.37. The third-order valence-corrected chi connectivity index (χ3v) is 3.82. The van der Waals surface area contributed by atoms with Gasteiger partial charge in [-0.3, -0.25) is 9.59 Å². The quantitative estimate of drug-likeness (QED) is 0.568. The molecule has 1 rings (SSSR count). The molecule has 1 aromatic carbocycles. The molecule has 0 N–H and O–H groups in total. The van der Waals surface area contributed by atoms with E-state index in [1.807, 2.05) is 30.3 Å². The van der Waals surface area contributed by atoms with E-state index in [4.69, 9.17) is 4.74 Å². The van der Waals surface area contributed by atoms with Crippen molar-refractivity contribution >= 4 is 23.7 Å². The Morgan fingerprint density at radius 3 is 2.42 bits per heavy atom. The Morgan fingerprint density at radius 1 is 1.16 bits per heavy atom. The average molecular weight is 282 g/mol. The van der Waals surface area contributed by atoms with Gasteiger partial charge in [-0.05, 0) is 25.0 Å². The lowest BCUT2D eigenvalue weighted by molar-refractivity contribution is -0.142. The van der Waals surface area contributed by atoms with Crippen molar-refractivity contribution in [3.05, 3.63) is 30.3 Å². The Labute approximate surface area is 117 Å². The molecule has 0 saturated carbocycles. The zero-order valence-electron chi connectivity index (χ0n) is 11.1. The van der Waals surface area contributed by atoms with Crippen molar-refractivity contribution in [1.82, 2.24) is 0 Å². The van der Waals surface area contributed by atoms with Gasteiger partial charge in [0.2, 0.25) is 0 Å².